The Balaban J connectivity index is 1.63. The number of anilines is 1. The van der Waals surface area contributed by atoms with Gasteiger partial charge in [-0.1, -0.05) is 42.5 Å². The lowest BCUT2D eigenvalue weighted by Gasteiger charge is -2.31. The maximum absolute atomic E-state index is 13.7. The molecule has 1 amide bonds. The molecule has 7 nitrogen and oxygen atoms in total. The number of hydrogen-bond donors (Lipinski definition) is 0. The Bertz CT molecular complexity index is 1260. The molecule has 0 radical (unpaired) electrons. The zero-order valence-electron chi connectivity index (χ0n) is 19.3. The lowest BCUT2D eigenvalue weighted by molar-refractivity contribution is -0.119. The Hall–Kier alpha value is -3.36. The summed E-state index contributed by atoms with van der Waals surface area (Å²) in [7, 11) is -2.39. The Morgan fingerprint density at radius 1 is 1.06 bits per heavy atom. The van der Waals surface area contributed by atoms with E-state index in [1.165, 1.54) is 10.4 Å². The Morgan fingerprint density at radius 3 is 2.53 bits per heavy atom. The van der Waals surface area contributed by atoms with E-state index in [1.807, 2.05) is 48.5 Å². The molecule has 0 saturated carbocycles. The molecule has 4 rings (SSSR count). The third kappa shape index (κ3) is 5.08. The minimum absolute atomic E-state index is 0.133. The van der Waals surface area contributed by atoms with Crippen molar-refractivity contribution in [3.05, 3.63) is 83.9 Å². The molecule has 1 aliphatic rings. The van der Waals surface area contributed by atoms with Gasteiger partial charge in [-0.3, -0.25) is 4.79 Å². The van der Waals surface area contributed by atoms with Gasteiger partial charge in [0.15, 0.2) is 0 Å². The largest absolute Gasteiger partial charge is 0.496 e. The van der Waals surface area contributed by atoms with Crippen LogP contribution in [0.2, 0.25) is 0 Å². The molecule has 1 aliphatic heterocycles. The van der Waals surface area contributed by atoms with Crippen molar-refractivity contribution in [2.24, 2.45) is 0 Å². The Labute approximate surface area is 200 Å². The fourth-order valence-electron chi connectivity index (χ4n) is 4.01. The van der Waals surface area contributed by atoms with Gasteiger partial charge in [-0.15, -0.1) is 0 Å². The number of carbonyl (C=O) groups is 1. The van der Waals surface area contributed by atoms with Crippen LogP contribution >= 0.6 is 0 Å². The molecule has 3 aromatic carbocycles. The van der Waals surface area contributed by atoms with Gasteiger partial charge in [-0.2, -0.15) is 4.31 Å². The molecule has 0 saturated heterocycles. The minimum atomic E-state index is -3.93. The van der Waals surface area contributed by atoms with Crippen molar-refractivity contribution in [2.45, 2.75) is 18.2 Å². The van der Waals surface area contributed by atoms with Crippen molar-refractivity contribution >= 4 is 21.6 Å². The second-order valence-electron chi connectivity index (χ2n) is 8.07. The van der Waals surface area contributed by atoms with Gasteiger partial charge in [0.25, 0.3) is 0 Å². The number of ether oxygens (including phenoxy) is 2. The SMILES string of the molecule is COc1ccc(S(=O)(=O)N(CCc2ccccc2)CC(=O)N2CCOc3ccccc32)cc1C. The highest BCUT2D eigenvalue weighted by Gasteiger charge is 2.31. The molecule has 34 heavy (non-hydrogen) atoms. The van der Waals surface area contributed by atoms with Gasteiger partial charge < -0.3 is 14.4 Å². The van der Waals surface area contributed by atoms with E-state index in [0.29, 0.717) is 42.3 Å². The van der Waals surface area contributed by atoms with Gasteiger partial charge in [0.1, 0.15) is 18.1 Å². The van der Waals surface area contributed by atoms with Crippen molar-refractivity contribution in [1.29, 1.82) is 0 Å². The fourth-order valence-corrected chi connectivity index (χ4v) is 5.48. The first-order valence-electron chi connectivity index (χ1n) is 11.1. The molecule has 0 aromatic heterocycles. The summed E-state index contributed by atoms with van der Waals surface area (Å²) in [4.78, 5) is 15.1. The molecule has 0 aliphatic carbocycles. The average Bonchev–Trinajstić information content (AvgIpc) is 2.86. The smallest absolute Gasteiger partial charge is 0.243 e. The number of hydrogen-bond acceptors (Lipinski definition) is 5. The van der Waals surface area contributed by atoms with Crippen LogP contribution < -0.4 is 14.4 Å². The summed E-state index contributed by atoms with van der Waals surface area (Å²) in [5.74, 6) is 0.931. The molecular formula is C26H28N2O5S. The van der Waals surface area contributed by atoms with Crippen molar-refractivity contribution in [3.8, 4) is 11.5 Å². The molecule has 1 heterocycles. The zero-order chi connectivity index (χ0) is 24.1. The summed E-state index contributed by atoms with van der Waals surface area (Å²) in [6.45, 7) is 2.42. The Kier molecular flexibility index (Phi) is 7.19. The monoisotopic (exact) mass is 480 g/mol. The first kappa shape index (κ1) is 23.8. The first-order valence-corrected chi connectivity index (χ1v) is 12.5. The second kappa shape index (κ2) is 10.3. The molecule has 178 valence electrons. The summed E-state index contributed by atoms with van der Waals surface area (Å²) >= 11 is 0. The quantitative estimate of drug-likeness (QED) is 0.492. The van der Waals surface area contributed by atoms with Gasteiger partial charge in [0.05, 0.1) is 30.8 Å². The van der Waals surface area contributed by atoms with Crippen LogP contribution in [0.1, 0.15) is 11.1 Å². The number of para-hydroxylation sites is 2. The fraction of sp³-hybridized carbons (Fsp3) is 0.269. The summed E-state index contributed by atoms with van der Waals surface area (Å²) < 4.78 is 39.5. The lowest BCUT2D eigenvalue weighted by Crippen LogP contribution is -2.46. The zero-order valence-corrected chi connectivity index (χ0v) is 20.1. The number of methoxy groups -OCH3 is 1. The second-order valence-corrected chi connectivity index (χ2v) is 10.0. The topological polar surface area (TPSA) is 76.2 Å². The molecule has 0 N–H and O–H groups in total. The van der Waals surface area contributed by atoms with E-state index in [-0.39, 0.29) is 23.9 Å². The van der Waals surface area contributed by atoms with Gasteiger partial charge in [-0.25, -0.2) is 8.42 Å². The third-order valence-electron chi connectivity index (χ3n) is 5.84. The number of aryl methyl sites for hydroxylation is 1. The maximum Gasteiger partial charge on any atom is 0.243 e. The standard InChI is InChI=1S/C26H28N2O5S/c1-20-18-22(12-13-24(20)32-2)34(30,31)27(15-14-21-8-4-3-5-9-21)19-26(29)28-16-17-33-25-11-7-6-10-23(25)28/h3-13,18H,14-17,19H2,1-2H3. The first-order chi connectivity index (χ1) is 16.4. The number of amides is 1. The molecular weight excluding hydrogens is 452 g/mol. The van der Waals surface area contributed by atoms with E-state index in [4.69, 9.17) is 9.47 Å². The summed E-state index contributed by atoms with van der Waals surface area (Å²) in [6, 6.07) is 21.7. The lowest BCUT2D eigenvalue weighted by atomic mass is 10.1. The van der Waals surface area contributed by atoms with Crippen LogP contribution in [0.15, 0.2) is 77.7 Å². The number of sulfonamides is 1. The average molecular weight is 481 g/mol. The van der Waals surface area contributed by atoms with E-state index in [1.54, 1.807) is 37.1 Å². The molecule has 0 bridgehead atoms. The summed E-state index contributed by atoms with van der Waals surface area (Å²) in [5, 5.41) is 0. The van der Waals surface area contributed by atoms with Crippen molar-refractivity contribution in [3.63, 3.8) is 0 Å². The van der Waals surface area contributed by atoms with Crippen LogP contribution in [-0.4, -0.2) is 52.0 Å². The van der Waals surface area contributed by atoms with Crippen LogP contribution in [0.4, 0.5) is 5.69 Å². The van der Waals surface area contributed by atoms with Crippen LogP contribution in [0.3, 0.4) is 0 Å². The van der Waals surface area contributed by atoms with Crippen molar-refractivity contribution in [2.75, 3.05) is 38.3 Å². The van der Waals surface area contributed by atoms with E-state index in [9.17, 15) is 13.2 Å². The van der Waals surface area contributed by atoms with Crippen LogP contribution in [0.25, 0.3) is 0 Å². The number of carbonyl (C=O) groups excluding carboxylic acids is 1. The predicted octanol–water partition coefficient (Wildman–Crippen LogP) is 3.66. The van der Waals surface area contributed by atoms with E-state index >= 15 is 0 Å². The van der Waals surface area contributed by atoms with E-state index in [0.717, 1.165) is 5.56 Å². The maximum atomic E-state index is 13.7. The number of rotatable bonds is 8. The summed E-state index contributed by atoms with van der Waals surface area (Å²) in [6.07, 6.45) is 0.488. The van der Waals surface area contributed by atoms with E-state index < -0.39 is 10.0 Å². The third-order valence-corrected chi connectivity index (χ3v) is 7.68. The number of benzene rings is 3. The van der Waals surface area contributed by atoms with Crippen molar-refractivity contribution < 1.29 is 22.7 Å². The summed E-state index contributed by atoms with van der Waals surface area (Å²) in [5.41, 5.74) is 2.36. The highest BCUT2D eigenvalue weighted by molar-refractivity contribution is 7.89. The minimum Gasteiger partial charge on any atom is -0.496 e. The normalized spacial score (nSPS) is 13.3. The van der Waals surface area contributed by atoms with Gasteiger partial charge >= 0.3 is 0 Å². The molecule has 0 spiro atoms. The molecule has 0 unspecified atom stereocenters. The van der Waals surface area contributed by atoms with E-state index in [2.05, 4.69) is 0 Å². The van der Waals surface area contributed by atoms with Crippen molar-refractivity contribution in [1.82, 2.24) is 4.31 Å². The number of nitrogens with zero attached hydrogens (tertiary/aromatic N) is 2. The molecule has 8 heteroatoms. The van der Waals surface area contributed by atoms with Crippen LogP contribution in [0.5, 0.6) is 11.5 Å². The molecule has 0 fully saturated rings. The Morgan fingerprint density at radius 2 is 1.79 bits per heavy atom. The highest BCUT2D eigenvalue weighted by Crippen LogP contribution is 2.31. The van der Waals surface area contributed by atoms with Gasteiger partial charge in [0.2, 0.25) is 15.9 Å². The van der Waals surface area contributed by atoms with Crippen LogP contribution in [0, 0.1) is 6.92 Å². The highest BCUT2D eigenvalue weighted by atomic mass is 32.2. The molecule has 0 atom stereocenters. The number of fused-ring (bicyclic) bond motifs is 1. The van der Waals surface area contributed by atoms with Gasteiger partial charge in [-0.05, 0) is 54.8 Å². The van der Waals surface area contributed by atoms with Gasteiger partial charge in [0, 0.05) is 6.54 Å². The molecule has 3 aromatic rings. The predicted molar refractivity (Wildman–Crippen MR) is 131 cm³/mol. The van der Waals surface area contributed by atoms with Crippen LogP contribution in [-0.2, 0) is 21.2 Å².